The smallest absolute Gasteiger partial charge is 0.260 e. The number of anilines is 1. The maximum Gasteiger partial charge on any atom is 0.260 e. The zero-order valence-corrected chi connectivity index (χ0v) is 12.5. The quantitative estimate of drug-likeness (QED) is 0.864. The van der Waals surface area contributed by atoms with Crippen molar-refractivity contribution in [2.24, 2.45) is 0 Å². The molecule has 2 aromatic rings. The summed E-state index contributed by atoms with van der Waals surface area (Å²) in [6, 6.07) is 14.4. The van der Waals surface area contributed by atoms with Gasteiger partial charge in [0.2, 0.25) is 0 Å². The monoisotopic (exact) mass is 304 g/mol. The molecule has 21 heavy (non-hydrogen) atoms. The van der Waals surface area contributed by atoms with Gasteiger partial charge in [0.05, 0.1) is 0 Å². The zero-order chi connectivity index (χ0) is 15.2. The average Bonchev–Trinajstić information content (AvgIpc) is 2.48. The van der Waals surface area contributed by atoms with Gasteiger partial charge in [-0.3, -0.25) is 4.79 Å². The fourth-order valence-electron chi connectivity index (χ4n) is 1.81. The zero-order valence-electron chi connectivity index (χ0n) is 11.8. The van der Waals surface area contributed by atoms with Crippen molar-refractivity contribution in [1.82, 2.24) is 4.90 Å². The Bertz CT molecular complexity index is 614. The second-order valence-corrected chi connectivity index (χ2v) is 5.13. The van der Waals surface area contributed by atoms with Crippen LogP contribution in [0.25, 0.3) is 0 Å². The minimum absolute atomic E-state index is 0.0229. The predicted molar refractivity (Wildman–Crippen MR) is 84.3 cm³/mol. The maximum absolute atomic E-state index is 12.0. The SMILES string of the molecule is CN(Cc1ccccc1N)C(=O)COc1ccc(Cl)cc1. The van der Waals surface area contributed by atoms with Crippen LogP contribution in [0.3, 0.4) is 0 Å². The molecular formula is C16H17ClN2O2. The molecule has 0 aliphatic carbocycles. The minimum atomic E-state index is -0.117. The van der Waals surface area contributed by atoms with Crippen LogP contribution in [0.5, 0.6) is 5.75 Å². The van der Waals surface area contributed by atoms with Crippen LogP contribution < -0.4 is 10.5 Å². The van der Waals surface area contributed by atoms with Crippen molar-refractivity contribution in [3.8, 4) is 5.75 Å². The lowest BCUT2D eigenvalue weighted by Gasteiger charge is -2.18. The van der Waals surface area contributed by atoms with Gasteiger partial charge in [0.25, 0.3) is 5.91 Å². The number of nitrogen functional groups attached to an aromatic ring is 1. The summed E-state index contributed by atoms with van der Waals surface area (Å²) in [5.41, 5.74) is 7.46. The molecule has 0 heterocycles. The Balaban J connectivity index is 1.88. The molecule has 5 heteroatoms. The summed E-state index contributed by atoms with van der Waals surface area (Å²) in [5.74, 6) is 0.494. The van der Waals surface area contributed by atoms with Crippen LogP contribution in [0, 0.1) is 0 Å². The summed E-state index contributed by atoms with van der Waals surface area (Å²) in [6.45, 7) is 0.431. The third kappa shape index (κ3) is 4.39. The molecule has 2 aromatic carbocycles. The van der Waals surface area contributed by atoms with Crippen LogP contribution in [0.1, 0.15) is 5.56 Å². The largest absolute Gasteiger partial charge is 0.484 e. The van der Waals surface area contributed by atoms with Gasteiger partial charge in [-0.15, -0.1) is 0 Å². The van der Waals surface area contributed by atoms with E-state index in [1.165, 1.54) is 0 Å². The van der Waals surface area contributed by atoms with E-state index in [4.69, 9.17) is 22.1 Å². The molecule has 1 amide bonds. The summed E-state index contributed by atoms with van der Waals surface area (Å²) >= 11 is 5.79. The van der Waals surface area contributed by atoms with E-state index in [1.807, 2.05) is 24.3 Å². The first kappa shape index (κ1) is 15.2. The van der Waals surface area contributed by atoms with Crippen molar-refractivity contribution in [1.29, 1.82) is 0 Å². The summed E-state index contributed by atoms with van der Waals surface area (Å²) in [4.78, 5) is 13.6. The van der Waals surface area contributed by atoms with Crippen molar-refractivity contribution in [3.63, 3.8) is 0 Å². The molecule has 0 atom stereocenters. The Kier molecular flexibility index (Phi) is 5.06. The molecular weight excluding hydrogens is 288 g/mol. The fourth-order valence-corrected chi connectivity index (χ4v) is 1.93. The first-order valence-corrected chi connectivity index (χ1v) is 6.90. The maximum atomic E-state index is 12.0. The highest BCUT2D eigenvalue weighted by Gasteiger charge is 2.11. The topological polar surface area (TPSA) is 55.6 Å². The predicted octanol–water partition coefficient (Wildman–Crippen LogP) is 2.96. The summed E-state index contributed by atoms with van der Waals surface area (Å²) in [5, 5.41) is 0.630. The molecule has 4 nitrogen and oxygen atoms in total. The van der Waals surface area contributed by atoms with E-state index in [-0.39, 0.29) is 12.5 Å². The average molecular weight is 305 g/mol. The second kappa shape index (κ2) is 6.99. The van der Waals surface area contributed by atoms with Crippen LogP contribution in [-0.2, 0) is 11.3 Å². The number of halogens is 1. The van der Waals surface area contributed by atoms with E-state index in [1.54, 1.807) is 36.2 Å². The highest BCUT2D eigenvalue weighted by atomic mass is 35.5. The van der Waals surface area contributed by atoms with Gasteiger partial charge in [-0.05, 0) is 35.9 Å². The van der Waals surface area contributed by atoms with Crippen LogP contribution in [0.4, 0.5) is 5.69 Å². The number of hydrogen-bond acceptors (Lipinski definition) is 3. The molecule has 2 N–H and O–H groups in total. The number of nitrogens with two attached hydrogens (primary N) is 1. The Morgan fingerprint density at radius 2 is 1.86 bits per heavy atom. The van der Waals surface area contributed by atoms with Gasteiger partial charge in [-0.2, -0.15) is 0 Å². The van der Waals surface area contributed by atoms with Gasteiger partial charge in [0.15, 0.2) is 6.61 Å². The van der Waals surface area contributed by atoms with E-state index in [2.05, 4.69) is 0 Å². The summed E-state index contributed by atoms with van der Waals surface area (Å²) < 4.78 is 5.43. The second-order valence-electron chi connectivity index (χ2n) is 4.69. The highest BCUT2D eigenvalue weighted by molar-refractivity contribution is 6.30. The molecule has 0 bridgehead atoms. The molecule has 0 spiro atoms. The van der Waals surface area contributed by atoms with Crippen molar-refractivity contribution >= 4 is 23.2 Å². The first-order valence-electron chi connectivity index (χ1n) is 6.52. The van der Waals surface area contributed by atoms with Crippen molar-refractivity contribution in [2.45, 2.75) is 6.54 Å². The highest BCUT2D eigenvalue weighted by Crippen LogP contribution is 2.16. The van der Waals surface area contributed by atoms with E-state index in [9.17, 15) is 4.79 Å². The first-order chi connectivity index (χ1) is 10.1. The van der Waals surface area contributed by atoms with Crippen LogP contribution in [0.15, 0.2) is 48.5 Å². The van der Waals surface area contributed by atoms with E-state index >= 15 is 0 Å². The van der Waals surface area contributed by atoms with Gasteiger partial charge in [-0.1, -0.05) is 29.8 Å². The Hall–Kier alpha value is -2.20. The molecule has 0 unspecified atom stereocenters. The number of carbonyl (C=O) groups is 1. The van der Waals surface area contributed by atoms with Crippen molar-refractivity contribution < 1.29 is 9.53 Å². The third-order valence-corrected chi connectivity index (χ3v) is 3.32. The normalized spacial score (nSPS) is 10.2. The lowest BCUT2D eigenvalue weighted by molar-refractivity contribution is -0.132. The number of rotatable bonds is 5. The minimum Gasteiger partial charge on any atom is -0.484 e. The van der Waals surface area contributed by atoms with Gasteiger partial charge >= 0.3 is 0 Å². The summed E-state index contributed by atoms with van der Waals surface area (Å²) in [7, 11) is 1.72. The third-order valence-electron chi connectivity index (χ3n) is 3.06. The Morgan fingerprint density at radius 1 is 1.19 bits per heavy atom. The van der Waals surface area contributed by atoms with E-state index in [0.717, 1.165) is 5.56 Å². The van der Waals surface area contributed by atoms with Gasteiger partial charge in [0.1, 0.15) is 5.75 Å². The van der Waals surface area contributed by atoms with Gasteiger partial charge in [0, 0.05) is 24.3 Å². The number of amides is 1. The number of nitrogens with zero attached hydrogens (tertiary/aromatic N) is 1. The van der Waals surface area contributed by atoms with Crippen molar-refractivity contribution in [3.05, 3.63) is 59.1 Å². The molecule has 0 aliphatic rings. The lowest BCUT2D eigenvalue weighted by Crippen LogP contribution is -2.31. The number of carbonyl (C=O) groups excluding carboxylic acids is 1. The van der Waals surface area contributed by atoms with E-state index < -0.39 is 0 Å². The number of ether oxygens (including phenoxy) is 1. The lowest BCUT2D eigenvalue weighted by atomic mass is 10.2. The molecule has 0 radical (unpaired) electrons. The molecule has 0 aliphatic heterocycles. The molecule has 0 saturated heterocycles. The van der Waals surface area contributed by atoms with Crippen molar-refractivity contribution in [2.75, 3.05) is 19.4 Å². The number of para-hydroxylation sites is 1. The molecule has 110 valence electrons. The number of hydrogen-bond donors (Lipinski definition) is 1. The Labute approximate surface area is 129 Å². The molecule has 0 aromatic heterocycles. The van der Waals surface area contributed by atoms with Gasteiger partial charge in [-0.25, -0.2) is 0 Å². The summed E-state index contributed by atoms with van der Waals surface area (Å²) in [6.07, 6.45) is 0. The standard InChI is InChI=1S/C16H17ClN2O2/c1-19(10-12-4-2-3-5-15(12)18)16(20)11-21-14-8-6-13(17)7-9-14/h2-9H,10-11,18H2,1H3. The fraction of sp³-hybridized carbons (Fsp3) is 0.188. The number of likely N-dealkylation sites (N-methyl/N-ethyl adjacent to an activating group) is 1. The van der Waals surface area contributed by atoms with Gasteiger partial charge < -0.3 is 15.4 Å². The van der Waals surface area contributed by atoms with Crippen LogP contribution in [0.2, 0.25) is 5.02 Å². The van der Waals surface area contributed by atoms with Crippen LogP contribution in [-0.4, -0.2) is 24.5 Å². The van der Waals surface area contributed by atoms with Crippen LogP contribution >= 0.6 is 11.6 Å². The molecule has 0 saturated carbocycles. The molecule has 2 rings (SSSR count). The Morgan fingerprint density at radius 3 is 2.52 bits per heavy atom. The number of benzene rings is 2. The van der Waals surface area contributed by atoms with E-state index in [0.29, 0.717) is 23.0 Å². The molecule has 0 fully saturated rings.